The first-order chi connectivity index (χ1) is 15.0. The number of piperazine rings is 1. The van der Waals surface area contributed by atoms with Crippen molar-refractivity contribution in [2.24, 2.45) is 5.92 Å². The van der Waals surface area contributed by atoms with Crippen molar-refractivity contribution in [1.29, 1.82) is 0 Å². The molecule has 2 aliphatic rings. The SMILES string of the molecule is CCOC(=O)N1CCN(C(=O)C2CCN(S(=O)(=O)c3cccc(C(F)(F)F)c3)CC2)CC1. The van der Waals surface area contributed by atoms with Gasteiger partial charge in [-0.2, -0.15) is 17.5 Å². The molecule has 2 aliphatic heterocycles. The lowest BCUT2D eigenvalue weighted by Crippen LogP contribution is -2.53. The highest BCUT2D eigenvalue weighted by molar-refractivity contribution is 7.89. The summed E-state index contributed by atoms with van der Waals surface area (Å²) in [6, 6.07) is 3.67. The number of sulfonamides is 1. The molecule has 32 heavy (non-hydrogen) atoms. The van der Waals surface area contributed by atoms with E-state index in [1.165, 1.54) is 4.90 Å². The molecule has 0 aliphatic carbocycles. The van der Waals surface area contributed by atoms with Gasteiger partial charge in [0.15, 0.2) is 0 Å². The maximum Gasteiger partial charge on any atom is 0.416 e. The number of ether oxygens (including phenoxy) is 1. The maximum absolute atomic E-state index is 12.9. The Bertz CT molecular complexity index is 938. The summed E-state index contributed by atoms with van der Waals surface area (Å²) in [7, 11) is -4.09. The fourth-order valence-electron chi connectivity index (χ4n) is 3.91. The molecule has 2 saturated heterocycles. The van der Waals surface area contributed by atoms with Crippen LogP contribution in [-0.2, 0) is 25.7 Å². The van der Waals surface area contributed by atoms with E-state index in [0.29, 0.717) is 32.2 Å². The van der Waals surface area contributed by atoms with Crippen molar-refractivity contribution in [2.75, 3.05) is 45.9 Å². The van der Waals surface area contributed by atoms with Crippen molar-refractivity contribution in [3.05, 3.63) is 29.8 Å². The van der Waals surface area contributed by atoms with Gasteiger partial charge in [0.2, 0.25) is 15.9 Å². The average molecular weight is 478 g/mol. The van der Waals surface area contributed by atoms with Gasteiger partial charge in [-0.15, -0.1) is 0 Å². The van der Waals surface area contributed by atoms with Gasteiger partial charge >= 0.3 is 12.3 Å². The zero-order chi connectivity index (χ0) is 23.5. The smallest absolute Gasteiger partial charge is 0.416 e. The first-order valence-corrected chi connectivity index (χ1v) is 11.9. The summed E-state index contributed by atoms with van der Waals surface area (Å²) >= 11 is 0. The fourth-order valence-corrected chi connectivity index (χ4v) is 5.42. The van der Waals surface area contributed by atoms with Crippen LogP contribution in [0.5, 0.6) is 0 Å². The van der Waals surface area contributed by atoms with Crippen molar-refractivity contribution in [2.45, 2.75) is 30.8 Å². The predicted octanol–water partition coefficient (Wildman–Crippen LogP) is 2.41. The number of rotatable bonds is 4. The highest BCUT2D eigenvalue weighted by atomic mass is 32.2. The van der Waals surface area contributed by atoms with Crippen LogP contribution in [0.15, 0.2) is 29.2 Å². The van der Waals surface area contributed by atoms with Gasteiger partial charge in [0.25, 0.3) is 0 Å². The van der Waals surface area contributed by atoms with Crippen LogP contribution in [0.25, 0.3) is 0 Å². The second kappa shape index (κ2) is 9.65. The quantitative estimate of drug-likeness (QED) is 0.665. The molecular formula is C20H26F3N3O5S. The second-order valence-corrected chi connectivity index (χ2v) is 9.65. The number of nitrogens with zero attached hydrogens (tertiary/aromatic N) is 3. The van der Waals surface area contributed by atoms with Crippen molar-refractivity contribution in [3.8, 4) is 0 Å². The van der Waals surface area contributed by atoms with E-state index in [1.54, 1.807) is 11.8 Å². The van der Waals surface area contributed by atoms with Gasteiger partial charge in [-0.05, 0) is 38.0 Å². The molecule has 0 atom stereocenters. The van der Waals surface area contributed by atoms with Crippen LogP contribution in [0.4, 0.5) is 18.0 Å². The van der Waals surface area contributed by atoms with Crippen molar-refractivity contribution >= 4 is 22.0 Å². The average Bonchev–Trinajstić information content (AvgIpc) is 2.78. The fraction of sp³-hybridized carbons (Fsp3) is 0.600. The molecule has 3 rings (SSSR count). The Balaban J connectivity index is 1.57. The third kappa shape index (κ3) is 5.34. The van der Waals surface area contributed by atoms with Crippen LogP contribution in [0.2, 0.25) is 0 Å². The topological polar surface area (TPSA) is 87.2 Å². The Morgan fingerprint density at radius 3 is 2.19 bits per heavy atom. The van der Waals surface area contributed by atoms with E-state index >= 15 is 0 Å². The molecule has 178 valence electrons. The van der Waals surface area contributed by atoms with Crippen molar-refractivity contribution in [1.82, 2.24) is 14.1 Å². The van der Waals surface area contributed by atoms with Crippen LogP contribution < -0.4 is 0 Å². The summed E-state index contributed by atoms with van der Waals surface area (Å²) in [5, 5.41) is 0. The van der Waals surface area contributed by atoms with Crippen LogP contribution in [-0.4, -0.2) is 80.4 Å². The lowest BCUT2D eigenvalue weighted by Gasteiger charge is -2.38. The number of piperidine rings is 1. The zero-order valence-corrected chi connectivity index (χ0v) is 18.5. The molecule has 0 radical (unpaired) electrons. The monoisotopic (exact) mass is 477 g/mol. The van der Waals surface area contributed by atoms with E-state index in [0.717, 1.165) is 22.5 Å². The van der Waals surface area contributed by atoms with Gasteiger partial charge in [0.1, 0.15) is 0 Å². The molecule has 0 unspecified atom stereocenters. The second-order valence-electron chi connectivity index (χ2n) is 7.72. The normalized spacial score (nSPS) is 19.1. The standard InChI is InChI=1S/C20H26F3N3O5S/c1-2-31-19(28)25-12-10-24(11-13-25)18(27)15-6-8-26(9-7-15)32(29,30)17-5-3-4-16(14-17)20(21,22)23/h3-5,14-15H,2,6-13H2,1H3. The number of hydrogen-bond donors (Lipinski definition) is 0. The number of carbonyl (C=O) groups excluding carboxylic acids is 2. The van der Waals surface area contributed by atoms with Gasteiger partial charge in [0, 0.05) is 45.2 Å². The molecule has 0 bridgehead atoms. The Morgan fingerprint density at radius 2 is 1.62 bits per heavy atom. The molecule has 2 heterocycles. The zero-order valence-electron chi connectivity index (χ0n) is 17.7. The Kier molecular flexibility index (Phi) is 7.33. The molecule has 2 fully saturated rings. The molecule has 0 aromatic heterocycles. The Hall–Kier alpha value is -2.34. The number of amides is 2. The number of hydrogen-bond acceptors (Lipinski definition) is 5. The van der Waals surface area contributed by atoms with E-state index in [9.17, 15) is 31.2 Å². The summed E-state index contributed by atoms with van der Waals surface area (Å²) in [5.41, 5.74) is -1.02. The summed E-state index contributed by atoms with van der Waals surface area (Å²) in [4.78, 5) is 27.4. The summed E-state index contributed by atoms with van der Waals surface area (Å²) in [6.07, 6.45) is -4.47. The molecule has 12 heteroatoms. The van der Waals surface area contributed by atoms with Gasteiger partial charge < -0.3 is 14.5 Å². The first-order valence-electron chi connectivity index (χ1n) is 10.4. The molecular weight excluding hydrogens is 451 g/mol. The molecule has 1 aromatic rings. The minimum Gasteiger partial charge on any atom is -0.450 e. The minimum absolute atomic E-state index is 0.0533. The van der Waals surface area contributed by atoms with Crippen LogP contribution in [0.1, 0.15) is 25.3 Å². The maximum atomic E-state index is 12.9. The van der Waals surface area contributed by atoms with Crippen LogP contribution in [0.3, 0.4) is 0 Å². The van der Waals surface area contributed by atoms with Gasteiger partial charge in [-0.1, -0.05) is 6.07 Å². The van der Waals surface area contributed by atoms with Crippen molar-refractivity contribution < 1.29 is 35.9 Å². The highest BCUT2D eigenvalue weighted by Crippen LogP contribution is 2.32. The van der Waals surface area contributed by atoms with E-state index < -0.39 is 32.8 Å². The highest BCUT2D eigenvalue weighted by Gasteiger charge is 2.37. The summed E-state index contributed by atoms with van der Waals surface area (Å²) in [6.45, 7) is 3.59. The number of halogens is 3. The third-order valence-corrected chi connectivity index (χ3v) is 7.61. The largest absolute Gasteiger partial charge is 0.450 e. The number of benzene rings is 1. The summed E-state index contributed by atoms with van der Waals surface area (Å²) < 4.78 is 70.5. The van der Waals surface area contributed by atoms with E-state index in [4.69, 9.17) is 4.74 Å². The Morgan fingerprint density at radius 1 is 1.03 bits per heavy atom. The molecule has 0 spiro atoms. The number of carbonyl (C=O) groups is 2. The van der Waals surface area contributed by atoms with E-state index in [-0.39, 0.29) is 44.4 Å². The lowest BCUT2D eigenvalue weighted by molar-refractivity contribution is -0.138. The van der Waals surface area contributed by atoms with E-state index in [2.05, 4.69) is 0 Å². The Labute approximate surface area is 185 Å². The molecule has 2 amide bonds. The third-order valence-electron chi connectivity index (χ3n) is 5.72. The van der Waals surface area contributed by atoms with Gasteiger partial charge in [0.05, 0.1) is 17.1 Å². The van der Waals surface area contributed by atoms with E-state index in [1.807, 2.05) is 0 Å². The first kappa shape index (κ1) is 24.3. The molecule has 0 saturated carbocycles. The summed E-state index contributed by atoms with van der Waals surface area (Å²) in [5.74, 6) is -0.457. The van der Waals surface area contributed by atoms with Crippen LogP contribution >= 0.6 is 0 Å². The van der Waals surface area contributed by atoms with Crippen molar-refractivity contribution in [3.63, 3.8) is 0 Å². The minimum atomic E-state index is -4.64. The van der Waals surface area contributed by atoms with Gasteiger partial charge in [-0.3, -0.25) is 4.79 Å². The molecule has 0 N–H and O–H groups in total. The molecule has 1 aromatic carbocycles. The molecule has 8 nitrogen and oxygen atoms in total. The lowest BCUT2D eigenvalue weighted by atomic mass is 9.96. The van der Waals surface area contributed by atoms with Crippen LogP contribution in [0, 0.1) is 5.92 Å². The van der Waals surface area contributed by atoms with Gasteiger partial charge in [-0.25, -0.2) is 13.2 Å². The number of alkyl halides is 3. The predicted molar refractivity (Wildman–Crippen MR) is 108 cm³/mol.